The van der Waals surface area contributed by atoms with E-state index in [1.54, 1.807) is 0 Å². The first-order valence-electron chi connectivity index (χ1n) is 23.1. The van der Waals surface area contributed by atoms with Crippen LogP contribution in [0, 0.1) is 52.3 Å². The fraction of sp³-hybridized carbons (Fsp3) is 1.00. The molecule has 8 N–H and O–H groups in total. The largest absolute Gasteiger partial charge is 0.388 e. The van der Waals surface area contributed by atoms with Crippen molar-refractivity contribution < 1.29 is 78.7 Å². The minimum Gasteiger partial charge on any atom is -0.388 e. The van der Waals surface area contributed by atoms with E-state index in [1.807, 2.05) is 0 Å². The van der Waals surface area contributed by atoms with Crippen molar-refractivity contribution >= 4 is 0 Å². The maximum absolute atomic E-state index is 11.6. The van der Waals surface area contributed by atoms with E-state index >= 15 is 0 Å². The van der Waals surface area contributed by atoms with Crippen LogP contribution >= 0.6 is 0 Å². The SMILES string of the molecule is CC1CCC2(OC1)OC1CC3C4CCC5CC(OC6OC(COC7OC(C)C(O)C(O)C7O)C(O)C(O)C6OC6OCC(O)C(O)C6O)CCC5(C)C4CCC3(C)C1C2C. The van der Waals surface area contributed by atoms with Gasteiger partial charge in [-0.15, -0.1) is 0 Å². The average molecular weight is 857 g/mol. The molecular formula is C44H72O16. The smallest absolute Gasteiger partial charge is 0.187 e. The fourth-order valence-corrected chi connectivity index (χ4v) is 14.2. The first-order chi connectivity index (χ1) is 28.5. The summed E-state index contributed by atoms with van der Waals surface area (Å²) >= 11 is 0. The molecule has 16 nitrogen and oxygen atoms in total. The maximum atomic E-state index is 11.6. The van der Waals surface area contributed by atoms with E-state index in [-0.39, 0.29) is 36.3 Å². The zero-order chi connectivity index (χ0) is 42.6. The van der Waals surface area contributed by atoms with E-state index in [2.05, 4.69) is 27.7 Å². The van der Waals surface area contributed by atoms with Crippen LogP contribution < -0.4 is 0 Å². The van der Waals surface area contributed by atoms with Crippen LogP contribution in [-0.2, 0) is 37.9 Å². The highest BCUT2D eigenvalue weighted by molar-refractivity contribution is 5.15. The summed E-state index contributed by atoms with van der Waals surface area (Å²) in [6.07, 6.45) is -9.45. The van der Waals surface area contributed by atoms with Crippen molar-refractivity contribution in [2.75, 3.05) is 19.8 Å². The molecule has 26 unspecified atom stereocenters. The van der Waals surface area contributed by atoms with Gasteiger partial charge in [-0.25, -0.2) is 0 Å². The Morgan fingerprint density at radius 3 is 2.13 bits per heavy atom. The van der Waals surface area contributed by atoms with Crippen LogP contribution in [0.3, 0.4) is 0 Å². The molecule has 4 saturated carbocycles. The number of hydrogen-bond acceptors (Lipinski definition) is 16. The minimum absolute atomic E-state index is 0.126. The fourth-order valence-electron chi connectivity index (χ4n) is 14.2. The van der Waals surface area contributed by atoms with E-state index in [4.69, 9.17) is 37.9 Å². The number of fused-ring (bicyclic) bond motifs is 7. The lowest BCUT2D eigenvalue weighted by Crippen LogP contribution is -2.64. The molecule has 5 aliphatic heterocycles. The van der Waals surface area contributed by atoms with E-state index in [0.717, 1.165) is 58.0 Å². The maximum Gasteiger partial charge on any atom is 0.187 e. The summed E-state index contributed by atoms with van der Waals surface area (Å²) in [7, 11) is 0. The molecule has 9 fully saturated rings. The first kappa shape index (κ1) is 44.6. The van der Waals surface area contributed by atoms with Crippen molar-refractivity contribution in [3.05, 3.63) is 0 Å². The van der Waals surface area contributed by atoms with Gasteiger partial charge < -0.3 is 78.7 Å². The topological polar surface area (TPSA) is 236 Å². The molecule has 5 heterocycles. The van der Waals surface area contributed by atoms with Gasteiger partial charge in [0.1, 0.15) is 61.0 Å². The predicted octanol–water partition coefficient (Wildman–Crippen LogP) is 0.933. The Balaban J connectivity index is 0.878. The Morgan fingerprint density at radius 1 is 0.633 bits per heavy atom. The third-order valence-electron chi connectivity index (χ3n) is 17.8. The van der Waals surface area contributed by atoms with E-state index in [0.29, 0.717) is 41.4 Å². The summed E-state index contributed by atoms with van der Waals surface area (Å²) in [5.74, 6) is 3.29. The average Bonchev–Trinajstić information content (AvgIpc) is 3.67. The Bertz CT molecular complexity index is 1500. The number of ether oxygens (including phenoxy) is 8. The molecule has 0 aromatic heterocycles. The molecule has 0 radical (unpaired) electrons. The molecule has 0 aromatic rings. The zero-order valence-electron chi connectivity index (χ0n) is 35.8. The predicted molar refractivity (Wildman–Crippen MR) is 208 cm³/mol. The lowest BCUT2D eigenvalue weighted by molar-refractivity contribution is -0.370. The van der Waals surface area contributed by atoms with Crippen molar-refractivity contribution in [2.24, 2.45) is 52.3 Å². The molecule has 0 bridgehead atoms. The van der Waals surface area contributed by atoms with Gasteiger partial charge in [-0.2, -0.15) is 0 Å². The number of rotatable bonds is 7. The quantitative estimate of drug-likeness (QED) is 0.166. The molecule has 16 heteroatoms. The van der Waals surface area contributed by atoms with Gasteiger partial charge >= 0.3 is 0 Å². The molecule has 26 atom stereocenters. The monoisotopic (exact) mass is 856 g/mol. The van der Waals surface area contributed by atoms with Crippen molar-refractivity contribution in [3.8, 4) is 0 Å². The van der Waals surface area contributed by atoms with Crippen molar-refractivity contribution in [2.45, 2.75) is 203 Å². The molecule has 0 aromatic carbocycles. The van der Waals surface area contributed by atoms with Crippen molar-refractivity contribution in [3.63, 3.8) is 0 Å². The Labute approximate surface area is 353 Å². The summed E-state index contributed by atoms with van der Waals surface area (Å²) < 4.78 is 49.5. The van der Waals surface area contributed by atoms with E-state index in [1.165, 1.54) is 19.8 Å². The van der Waals surface area contributed by atoms with Crippen LogP contribution in [-0.4, -0.2) is 165 Å². The van der Waals surface area contributed by atoms with E-state index < -0.39 is 91.8 Å². The summed E-state index contributed by atoms with van der Waals surface area (Å²) in [6, 6.07) is 0. The highest BCUT2D eigenvalue weighted by Crippen LogP contribution is 2.71. The second kappa shape index (κ2) is 16.7. The van der Waals surface area contributed by atoms with Crippen LogP contribution in [0.5, 0.6) is 0 Å². The lowest BCUT2D eigenvalue weighted by atomic mass is 9.44. The van der Waals surface area contributed by atoms with E-state index in [9.17, 15) is 40.9 Å². The first-order valence-corrected chi connectivity index (χ1v) is 23.1. The molecular weight excluding hydrogens is 784 g/mol. The Morgan fingerprint density at radius 2 is 1.38 bits per heavy atom. The molecule has 344 valence electrons. The van der Waals surface area contributed by atoms with Gasteiger partial charge in [0, 0.05) is 12.3 Å². The summed E-state index contributed by atoms with van der Waals surface area (Å²) in [5.41, 5.74) is 0.356. The van der Waals surface area contributed by atoms with Gasteiger partial charge in [-0.3, -0.25) is 0 Å². The standard InChI is InChI=1S/C44H72O16/c1-19-8-13-44(55-16-19)20(2)30-28(60-44)15-26-24-7-6-22-14-23(9-11-42(22,4)25(24)10-12-43(26,30)5)57-41-38(59-40-36(51)32(47)27(45)17-53-40)35(50)33(48)29(58-41)18-54-39-37(52)34(49)31(46)21(3)56-39/h19-41,45-52H,6-18H2,1-5H3. The highest BCUT2D eigenvalue weighted by Gasteiger charge is 2.69. The van der Waals surface area contributed by atoms with Crippen LogP contribution in [0.25, 0.3) is 0 Å². The third kappa shape index (κ3) is 7.36. The molecule has 60 heavy (non-hydrogen) atoms. The lowest BCUT2D eigenvalue weighted by Gasteiger charge is -2.61. The van der Waals surface area contributed by atoms with Gasteiger partial charge in [-0.1, -0.05) is 27.7 Å². The second-order valence-electron chi connectivity index (χ2n) is 21.1. The van der Waals surface area contributed by atoms with Crippen LogP contribution in [0.4, 0.5) is 0 Å². The van der Waals surface area contributed by atoms with Gasteiger partial charge in [0.25, 0.3) is 0 Å². The van der Waals surface area contributed by atoms with Crippen molar-refractivity contribution in [1.82, 2.24) is 0 Å². The second-order valence-corrected chi connectivity index (χ2v) is 21.1. The van der Waals surface area contributed by atoms with Crippen molar-refractivity contribution in [1.29, 1.82) is 0 Å². The third-order valence-corrected chi connectivity index (χ3v) is 17.8. The summed E-state index contributed by atoms with van der Waals surface area (Å²) in [4.78, 5) is 0. The number of aliphatic hydroxyl groups excluding tert-OH is 8. The highest BCUT2D eigenvalue weighted by atomic mass is 16.8. The molecule has 9 rings (SSSR count). The molecule has 9 aliphatic rings. The van der Waals surface area contributed by atoms with Gasteiger partial charge in [-0.05, 0) is 111 Å². The number of hydrogen-bond donors (Lipinski definition) is 8. The molecule has 0 amide bonds. The van der Waals surface area contributed by atoms with Crippen LogP contribution in [0.15, 0.2) is 0 Å². The number of aliphatic hydroxyl groups is 8. The molecule has 4 aliphatic carbocycles. The van der Waals surface area contributed by atoms with Crippen LogP contribution in [0.1, 0.15) is 98.8 Å². The minimum atomic E-state index is -1.66. The van der Waals surface area contributed by atoms with Gasteiger partial charge in [0.05, 0.1) is 38.1 Å². The normalized spacial score (nSPS) is 59.2. The van der Waals surface area contributed by atoms with Gasteiger partial charge in [0.15, 0.2) is 24.7 Å². The Kier molecular flexibility index (Phi) is 12.4. The molecule has 5 saturated heterocycles. The van der Waals surface area contributed by atoms with Crippen LogP contribution in [0.2, 0.25) is 0 Å². The zero-order valence-corrected chi connectivity index (χ0v) is 35.8. The van der Waals surface area contributed by atoms with Gasteiger partial charge in [0.2, 0.25) is 0 Å². The Hall–Kier alpha value is -0.640. The summed E-state index contributed by atoms with van der Waals surface area (Å²) in [6.45, 7) is 11.3. The molecule has 1 spiro atoms. The summed E-state index contributed by atoms with van der Waals surface area (Å²) in [5, 5.41) is 84.9.